The van der Waals surface area contributed by atoms with Crippen LogP contribution in [0.4, 0.5) is 0 Å². The molecule has 1 atom stereocenters. The Labute approximate surface area is 123 Å². The number of furan rings is 1. The molecule has 1 aromatic carbocycles. The Morgan fingerprint density at radius 2 is 2.00 bits per heavy atom. The van der Waals surface area contributed by atoms with Crippen molar-refractivity contribution in [2.75, 3.05) is 0 Å². The lowest BCUT2D eigenvalue weighted by Gasteiger charge is -2.15. The van der Waals surface area contributed by atoms with Gasteiger partial charge in [0.05, 0.1) is 23.7 Å². The summed E-state index contributed by atoms with van der Waals surface area (Å²) in [4.78, 5) is 12.4. The zero-order valence-corrected chi connectivity index (χ0v) is 11.7. The highest BCUT2D eigenvalue weighted by Gasteiger charge is 2.21. The van der Waals surface area contributed by atoms with E-state index in [0.717, 1.165) is 5.56 Å². The summed E-state index contributed by atoms with van der Waals surface area (Å²) in [6.07, 6.45) is 2.07. The third kappa shape index (κ3) is 3.93. The van der Waals surface area contributed by atoms with E-state index < -0.39 is 5.92 Å². The lowest BCUT2D eigenvalue weighted by atomic mass is 9.98. The van der Waals surface area contributed by atoms with Crippen LogP contribution in [-0.4, -0.2) is 10.9 Å². The second-order valence-corrected chi connectivity index (χ2v) is 4.91. The Hall–Kier alpha value is -2.14. The standard InChI is InChI=1S/C15H16N2O2S/c16-14(20)13(9-11-5-2-1-3-6-11)15(18)17-10-12-7-4-8-19-12/h1-8,13H,9-10H2,(H2,16,20)(H,17,18). The molecule has 0 aliphatic heterocycles. The van der Waals surface area contributed by atoms with Crippen LogP contribution < -0.4 is 11.1 Å². The van der Waals surface area contributed by atoms with Crippen LogP contribution in [-0.2, 0) is 17.8 Å². The van der Waals surface area contributed by atoms with Crippen molar-refractivity contribution in [2.24, 2.45) is 11.7 Å². The first-order valence-corrected chi connectivity index (χ1v) is 6.71. The number of rotatable bonds is 6. The minimum atomic E-state index is -0.512. The van der Waals surface area contributed by atoms with Gasteiger partial charge < -0.3 is 15.5 Å². The fourth-order valence-corrected chi connectivity index (χ4v) is 2.07. The van der Waals surface area contributed by atoms with Gasteiger partial charge in [-0.05, 0) is 24.1 Å². The molecule has 0 fully saturated rings. The number of carbonyl (C=O) groups excluding carboxylic acids is 1. The molecular weight excluding hydrogens is 272 g/mol. The predicted octanol–water partition coefficient (Wildman–Crippen LogP) is 2.04. The first kappa shape index (κ1) is 14.3. The summed E-state index contributed by atoms with van der Waals surface area (Å²) in [5, 5.41) is 2.79. The number of thiocarbonyl (C=S) groups is 1. The molecule has 0 spiro atoms. The molecule has 4 nitrogen and oxygen atoms in total. The zero-order chi connectivity index (χ0) is 14.4. The smallest absolute Gasteiger partial charge is 0.230 e. The molecule has 2 aromatic rings. The van der Waals surface area contributed by atoms with E-state index in [2.05, 4.69) is 5.32 Å². The summed E-state index contributed by atoms with van der Waals surface area (Å²) in [7, 11) is 0. The molecule has 0 radical (unpaired) electrons. The van der Waals surface area contributed by atoms with Crippen LogP contribution in [0.25, 0.3) is 0 Å². The molecule has 1 heterocycles. The van der Waals surface area contributed by atoms with Crippen molar-refractivity contribution in [2.45, 2.75) is 13.0 Å². The van der Waals surface area contributed by atoms with E-state index in [9.17, 15) is 4.79 Å². The summed E-state index contributed by atoms with van der Waals surface area (Å²) < 4.78 is 5.16. The second kappa shape index (κ2) is 6.86. The molecule has 104 valence electrons. The molecule has 0 aliphatic rings. The van der Waals surface area contributed by atoms with E-state index in [0.29, 0.717) is 18.7 Å². The molecule has 1 aromatic heterocycles. The average Bonchev–Trinajstić information content (AvgIpc) is 2.96. The maximum absolute atomic E-state index is 12.2. The van der Waals surface area contributed by atoms with Crippen molar-refractivity contribution in [1.82, 2.24) is 5.32 Å². The molecule has 5 heteroatoms. The highest BCUT2D eigenvalue weighted by atomic mass is 32.1. The van der Waals surface area contributed by atoms with Gasteiger partial charge in [0.1, 0.15) is 5.76 Å². The lowest BCUT2D eigenvalue weighted by Crippen LogP contribution is -2.38. The molecule has 0 aliphatic carbocycles. The quantitative estimate of drug-likeness (QED) is 0.798. The second-order valence-electron chi connectivity index (χ2n) is 4.44. The molecule has 2 rings (SSSR count). The van der Waals surface area contributed by atoms with Gasteiger partial charge >= 0.3 is 0 Å². The van der Waals surface area contributed by atoms with Crippen LogP contribution in [0, 0.1) is 5.92 Å². The molecule has 20 heavy (non-hydrogen) atoms. The summed E-state index contributed by atoms with van der Waals surface area (Å²) in [5.74, 6) is -0.000124. The third-order valence-electron chi connectivity index (χ3n) is 2.96. The van der Waals surface area contributed by atoms with Gasteiger partial charge in [0.2, 0.25) is 5.91 Å². The normalized spacial score (nSPS) is 11.8. The van der Waals surface area contributed by atoms with Crippen LogP contribution in [0.5, 0.6) is 0 Å². The molecule has 3 N–H and O–H groups in total. The first-order chi connectivity index (χ1) is 9.66. The minimum absolute atomic E-state index is 0.183. The monoisotopic (exact) mass is 288 g/mol. The van der Waals surface area contributed by atoms with E-state index in [1.54, 1.807) is 18.4 Å². The van der Waals surface area contributed by atoms with Crippen LogP contribution in [0.2, 0.25) is 0 Å². The van der Waals surface area contributed by atoms with Crippen LogP contribution in [0.3, 0.4) is 0 Å². The van der Waals surface area contributed by atoms with Crippen molar-refractivity contribution >= 4 is 23.1 Å². The lowest BCUT2D eigenvalue weighted by molar-refractivity contribution is -0.123. The molecule has 0 bridgehead atoms. The highest BCUT2D eigenvalue weighted by Crippen LogP contribution is 2.10. The minimum Gasteiger partial charge on any atom is -0.467 e. The van der Waals surface area contributed by atoms with Gasteiger partial charge in [0.25, 0.3) is 0 Å². The van der Waals surface area contributed by atoms with Gasteiger partial charge in [-0.2, -0.15) is 0 Å². The first-order valence-electron chi connectivity index (χ1n) is 6.30. The van der Waals surface area contributed by atoms with E-state index in [1.165, 1.54) is 0 Å². The van der Waals surface area contributed by atoms with Gasteiger partial charge in [0.15, 0.2) is 0 Å². The number of carbonyl (C=O) groups is 1. The molecule has 0 saturated carbocycles. The Kier molecular flexibility index (Phi) is 4.90. The van der Waals surface area contributed by atoms with Crippen molar-refractivity contribution in [1.29, 1.82) is 0 Å². The van der Waals surface area contributed by atoms with E-state index in [-0.39, 0.29) is 10.9 Å². The van der Waals surface area contributed by atoms with E-state index in [1.807, 2.05) is 30.3 Å². The van der Waals surface area contributed by atoms with Crippen molar-refractivity contribution in [3.8, 4) is 0 Å². The summed E-state index contributed by atoms with van der Waals surface area (Å²) in [6, 6.07) is 13.2. The van der Waals surface area contributed by atoms with Crippen molar-refractivity contribution in [3.05, 3.63) is 60.1 Å². The number of nitrogens with two attached hydrogens (primary N) is 1. The topological polar surface area (TPSA) is 68.3 Å². The predicted molar refractivity (Wildman–Crippen MR) is 81.0 cm³/mol. The van der Waals surface area contributed by atoms with Gasteiger partial charge in [-0.3, -0.25) is 4.79 Å². The Morgan fingerprint density at radius 1 is 1.25 bits per heavy atom. The van der Waals surface area contributed by atoms with E-state index >= 15 is 0 Å². The fourth-order valence-electron chi connectivity index (χ4n) is 1.88. The Morgan fingerprint density at radius 3 is 2.60 bits per heavy atom. The summed E-state index contributed by atoms with van der Waals surface area (Å²) in [6.45, 7) is 0.333. The summed E-state index contributed by atoms with van der Waals surface area (Å²) >= 11 is 5.00. The van der Waals surface area contributed by atoms with Gasteiger partial charge in [0, 0.05) is 0 Å². The van der Waals surface area contributed by atoms with Crippen molar-refractivity contribution in [3.63, 3.8) is 0 Å². The number of hydrogen-bond donors (Lipinski definition) is 2. The Bertz CT molecular complexity index is 567. The summed E-state index contributed by atoms with van der Waals surface area (Å²) in [5.41, 5.74) is 6.71. The maximum Gasteiger partial charge on any atom is 0.230 e. The number of benzene rings is 1. The third-order valence-corrected chi connectivity index (χ3v) is 3.24. The number of amides is 1. The largest absolute Gasteiger partial charge is 0.467 e. The van der Waals surface area contributed by atoms with Gasteiger partial charge in [-0.25, -0.2) is 0 Å². The van der Waals surface area contributed by atoms with E-state index in [4.69, 9.17) is 22.4 Å². The van der Waals surface area contributed by atoms with Crippen LogP contribution >= 0.6 is 12.2 Å². The molecule has 1 amide bonds. The van der Waals surface area contributed by atoms with Crippen LogP contribution in [0.1, 0.15) is 11.3 Å². The van der Waals surface area contributed by atoms with Gasteiger partial charge in [-0.1, -0.05) is 42.5 Å². The number of nitrogens with one attached hydrogen (secondary N) is 1. The highest BCUT2D eigenvalue weighted by molar-refractivity contribution is 7.80. The van der Waals surface area contributed by atoms with Crippen LogP contribution in [0.15, 0.2) is 53.1 Å². The SMILES string of the molecule is NC(=S)C(Cc1ccccc1)C(=O)NCc1ccco1. The fraction of sp³-hybridized carbons (Fsp3) is 0.200. The van der Waals surface area contributed by atoms with Crippen molar-refractivity contribution < 1.29 is 9.21 Å². The zero-order valence-electron chi connectivity index (χ0n) is 10.9. The maximum atomic E-state index is 12.2. The van der Waals surface area contributed by atoms with Gasteiger partial charge in [-0.15, -0.1) is 0 Å². The molecule has 0 saturated heterocycles. The molecular formula is C15H16N2O2S. The number of hydrogen-bond acceptors (Lipinski definition) is 3. The Balaban J connectivity index is 1.97. The molecule has 1 unspecified atom stereocenters. The average molecular weight is 288 g/mol.